The molecule has 0 aromatic carbocycles. The molecule has 7 atom stereocenters. The Hall–Kier alpha value is -1.94. The minimum Gasteiger partial charge on any atom is -0.462 e. The van der Waals surface area contributed by atoms with Crippen molar-refractivity contribution in [2.45, 2.75) is 401 Å². The highest BCUT2D eigenvalue weighted by Gasteiger charge is 2.30. The Morgan fingerprint density at radius 1 is 0.295 bits per heavy atom. The molecule has 0 fully saturated rings. The van der Waals surface area contributed by atoms with Crippen molar-refractivity contribution in [3.63, 3.8) is 0 Å². The SMILES string of the molecule is CCC(C)CCCCCCCCCCCCC(=O)O[C@H](COC(=O)CCCCCCCCC(C)CC)COP(=O)(O)OC[C@H](O)COP(=O)(O)OC[C@@H](COC(=O)CCCCCCCCCCCCCCCCCC(C)C)OC(=O)CCCCCCCCCCCCC(C)C. The Kier molecular flexibility index (Phi) is 64.0. The Bertz CT molecular complexity index is 1870. The second-order valence-corrected chi connectivity index (χ2v) is 31.7. The van der Waals surface area contributed by atoms with Crippen LogP contribution in [0.15, 0.2) is 0 Å². The van der Waals surface area contributed by atoms with E-state index >= 15 is 0 Å². The molecule has 0 aliphatic heterocycles. The predicted molar refractivity (Wildman–Crippen MR) is 386 cm³/mol. The molecule has 4 unspecified atom stereocenters. The summed E-state index contributed by atoms with van der Waals surface area (Å²) in [6.45, 7) is 14.2. The van der Waals surface area contributed by atoms with Crippen LogP contribution in [0.2, 0.25) is 0 Å². The summed E-state index contributed by atoms with van der Waals surface area (Å²) in [5.41, 5.74) is 0. The molecule has 0 spiro atoms. The second-order valence-electron chi connectivity index (χ2n) is 28.8. The zero-order valence-corrected chi connectivity index (χ0v) is 64.1. The first-order valence-electron chi connectivity index (χ1n) is 39.3. The third kappa shape index (κ3) is 67.6. The molecule has 0 saturated heterocycles. The summed E-state index contributed by atoms with van der Waals surface area (Å²) >= 11 is 0. The number of carbonyl (C=O) groups is 4. The van der Waals surface area contributed by atoms with Crippen LogP contribution in [-0.2, 0) is 65.4 Å². The summed E-state index contributed by atoms with van der Waals surface area (Å²) in [5, 5.41) is 10.6. The van der Waals surface area contributed by atoms with Crippen molar-refractivity contribution in [3.05, 3.63) is 0 Å². The number of esters is 4. The van der Waals surface area contributed by atoms with E-state index in [-0.39, 0.29) is 25.7 Å². The van der Waals surface area contributed by atoms with E-state index in [1.54, 1.807) is 0 Å². The molecule has 3 N–H and O–H groups in total. The van der Waals surface area contributed by atoms with Gasteiger partial charge in [-0.15, -0.1) is 0 Å². The van der Waals surface area contributed by atoms with E-state index in [4.69, 9.17) is 37.0 Å². The van der Waals surface area contributed by atoms with E-state index in [1.165, 1.54) is 180 Å². The number of rotatable bonds is 73. The smallest absolute Gasteiger partial charge is 0.462 e. The van der Waals surface area contributed by atoms with Gasteiger partial charge in [0.2, 0.25) is 0 Å². The van der Waals surface area contributed by atoms with Gasteiger partial charge in [-0.05, 0) is 49.4 Å². The molecule has 0 bridgehead atoms. The predicted octanol–water partition coefficient (Wildman–Crippen LogP) is 22.0. The molecule has 0 aliphatic rings. The highest BCUT2D eigenvalue weighted by atomic mass is 31.2. The van der Waals surface area contributed by atoms with E-state index in [9.17, 15) is 43.2 Å². The highest BCUT2D eigenvalue weighted by Crippen LogP contribution is 2.45. The minimum atomic E-state index is -4.96. The maximum atomic E-state index is 13.1. The molecule has 0 rings (SSSR count). The monoisotopic (exact) mass is 1400 g/mol. The van der Waals surface area contributed by atoms with E-state index in [0.29, 0.717) is 25.7 Å². The molecule has 564 valence electrons. The second kappa shape index (κ2) is 65.4. The molecular weight excluding hydrogens is 1250 g/mol. The minimum absolute atomic E-state index is 0.105. The number of carbonyl (C=O) groups excluding carboxylic acids is 4. The summed E-state index contributed by atoms with van der Waals surface area (Å²) in [4.78, 5) is 72.8. The van der Waals surface area contributed by atoms with Gasteiger partial charge in [0.25, 0.3) is 0 Å². The van der Waals surface area contributed by atoms with Gasteiger partial charge in [-0.2, -0.15) is 0 Å². The number of aliphatic hydroxyl groups is 1. The van der Waals surface area contributed by atoms with E-state index < -0.39 is 97.5 Å². The molecule has 0 aromatic rings. The van der Waals surface area contributed by atoms with Crippen molar-refractivity contribution >= 4 is 39.5 Å². The van der Waals surface area contributed by atoms with Gasteiger partial charge in [-0.3, -0.25) is 37.3 Å². The first-order valence-corrected chi connectivity index (χ1v) is 42.3. The number of phosphoric acid groups is 2. The Morgan fingerprint density at radius 3 is 0.747 bits per heavy atom. The maximum absolute atomic E-state index is 13.1. The van der Waals surface area contributed by atoms with Crippen LogP contribution in [0.3, 0.4) is 0 Å². The number of hydrogen-bond acceptors (Lipinski definition) is 15. The third-order valence-electron chi connectivity index (χ3n) is 18.3. The van der Waals surface area contributed by atoms with Gasteiger partial charge in [0, 0.05) is 25.7 Å². The average Bonchev–Trinajstić information content (AvgIpc) is 1.57. The lowest BCUT2D eigenvalue weighted by Crippen LogP contribution is -2.30. The molecule has 17 nitrogen and oxygen atoms in total. The van der Waals surface area contributed by atoms with E-state index in [0.717, 1.165) is 120 Å². The topological polar surface area (TPSA) is 237 Å². The summed E-state index contributed by atoms with van der Waals surface area (Å²) < 4.78 is 68.5. The Morgan fingerprint density at radius 2 is 0.505 bits per heavy atom. The van der Waals surface area contributed by atoms with Crippen molar-refractivity contribution in [2.24, 2.45) is 23.7 Å². The number of ether oxygens (including phenoxy) is 4. The Balaban J connectivity index is 5.24. The number of hydrogen-bond donors (Lipinski definition) is 3. The third-order valence-corrected chi connectivity index (χ3v) is 20.2. The standard InChI is InChI=1S/C76H148O17P2/c1-9-68(7)54-46-38-30-24-19-21-27-33-43-51-59-76(81)93-72(63-87-74(79)57-49-41-35-34-39-47-55-69(8)10-2)65-91-95(84,85)89-61-70(77)60-88-94(82,83)90-64-71(92-75(80)58-50-42-32-26-20-18-23-29-37-45-53-67(5)6)62-86-73(78)56-48-40-31-25-17-15-13-11-12-14-16-22-28-36-44-52-66(3)4/h66-72,77H,9-65H2,1-8H3,(H,82,83)(H,84,85)/t68?,69?,70-,71-,72-/m1/s1. The normalized spacial score (nSPS) is 14.7. The van der Waals surface area contributed by atoms with Gasteiger partial charge in [0.15, 0.2) is 12.2 Å². The molecular formula is C76H148O17P2. The van der Waals surface area contributed by atoms with Gasteiger partial charge >= 0.3 is 39.5 Å². The molecule has 0 amide bonds. The van der Waals surface area contributed by atoms with Crippen LogP contribution in [0.25, 0.3) is 0 Å². The molecule has 0 heterocycles. The first kappa shape index (κ1) is 93.1. The number of unbranched alkanes of at least 4 members (excludes halogenated alkanes) is 37. The van der Waals surface area contributed by atoms with Gasteiger partial charge < -0.3 is 33.8 Å². The van der Waals surface area contributed by atoms with Crippen LogP contribution in [0.5, 0.6) is 0 Å². The van der Waals surface area contributed by atoms with E-state index in [1.807, 2.05) is 0 Å². The number of phosphoric ester groups is 2. The maximum Gasteiger partial charge on any atom is 0.472 e. The molecule has 0 saturated carbocycles. The number of aliphatic hydroxyl groups excluding tert-OH is 1. The largest absolute Gasteiger partial charge is 0.472 e. The highest BCUT2D eigenvalue weighted by molar-refractivity contribution is 7.47. The van der Waals surface area contributed by atoms with Gasteiger partial charge in [-0.1, -0.05) is 331 Å². The van der Waals surface area contributed by atoms with Gasteiger partial charge in [-0.25, -0.2) is 9.13 Å². The molecule has 95 heavy (non-hydrogen) atoms. The van der Waals surface area contributed by atoms with Crippen LogP contribution in [-0.4, -0.2) is 96.7 Å². The molecule has 0 aromatic heterocycles. The van der Waals surface area contributed by atoms with Crippen molar-refractivity contribution < 1.29 is 80.2 Å². The van der Waals surface area contributed by atoms with Crippen LogP contribution in [0.1, 0.15) is 383 Å². The van der Waals surface area contributed by atoms with Crippen molar-refractivity contribution in [1.82, 2.24) is 0 Å². The van der Waals surface area contributed by atoms with Gasteiger partial charge in [0.1, 0.15) is 19.3 Å². The molecule has 0 aliphatic carbocycles. The zero-order valence-electron chi connectivity index (χ0n) is 62.3. The summed E-state index contributed by atoms with van der Waals surface area (Å²) in [5.74, 6) is 0.970. The van der Waals surface area contributed by atoms with Crippen molar-refractivity contribution in [2.75, 3.05) is 39.6 Å². The Labute approximate surface area is 581 Å². The summed E-state index contributed by atoms with van der Waals surface area (Å²) in [7, 11) is -9.91. The van der Waals surface area contributed by atoms with Crippen molar-refractivity contribution in [1.29, 1.82) is 0 Å². The first-order chi connectivity index (χ1) is 45.7. The van der Waals surface area contributed by atoms with E-state index in [2.05, 4.69) is 55.4 Å². The quantitative estimate of drug-likeness (QED) is 0.0222. The lowest BCUT2D eigenvalue weighted by Gasteiger charge is -2.21. The lowest BCUT2D eigenvalue weighted by molar-refractivity contribution is -0.161. The lowest BCUT2D eigenvalue weighted by atomic mass is 9.99. The fourth-order valence-electron chi connectivity index (χ4n) is 11.5. The zero-order chi connectivity index (χ0) is 70.3. The average molecular weight is 1400 g/mol. The fraction of sp³-hybridized carbons (Fsp3) is 0.947. The van der Waals surface area contributed by atoms with Crippen molar-refractivity contribution in [3.8, 4) is 0 Å². The fourth-order valence-corrected chi connectivity index (χ4v) is 13.1. The summed E-state index contributed by atoms with van der Waals surface area (Å²) in [6.07, 6.45) is 49.9. The molecule has 0 radical (unpaired) electrons. The molecule has 19 heteroatoms. The van der Waals surface area contributed by atoms with Crippen LogP contribution < -0.4 is 0 Å². The van der Waals surface area contributed by atoms with Gasteiger partial charge in [0.05, 0.1) is 26.4 Å². The van der Waals surface area contributed by atoms with Crippen LogP contribution >= 0.6 is 15.6 Å². The van der Waals surface area contributed by atoms with Crippen LogP contribution in [0.4, 0.5) is 0 Å². The van der Waals surface area contributed by atoms with Crippen LogP contribution in [0, 0.1) is 23.7 Å². The summed E-state index contributed by atoms with van der Waals surface area (Å²) in [6, 6.07) is 0.